The summed E-state index contributed by atoms with van der Waals surface area (Å²) in [5, 5.41) is 43.9. The molecule has 2 N–H and O–H groups in total. The van der Waals surface area contributed by atoms with Crippen molar-refractivity contribution in [2.75, 3.05) is 63.5 Å². The molecule has 0 spiro atoms. The molecular weight excluding hydrogens is 1310 g/mol. The lowest BCUT2D eigenvalue weighted by Gasteiger charge is -2.39. The number of aromatic nitrogens is 12. The van der Waals surface area contributed by atoms with Crippen molar-refractivity contribution in [1.82, 2.24) is 61.0 Å². The lowest BCUT2D eigenvalue weighted by Crippen LogP contribution is -2.44. The molecule has 4 aliphatic rings. The van der Waals surface area contributed by atoms with Gasteiger partial charge in [0, 0.05) is 79.4 Å². The van der Waals surface area contributed by atoms with Crippen LogP contribution in [0.3, 0.4) is 0 Å². The Morgan fingerprint density at radius 2 is 0.923 bits per heavy atom. The van der Waals surface area contributed by atoms with Gasteiger partial charge >= 0.3 is 12.4 Å². The largest absolute Gasteiger partial charge is 0.473 e. The fourth-order valence-electron chi connectivity index (χ4n) is 9.39. The Morgan fingerprint density at radius 1 is 0.516 bits per heavy atom. The maximum Gasteiger partial charge on any atom is 0.416 e. The number of alkyl halides is 6. The van der Waals surface area contributed by atoms with Crippen LogP contribution in [0, 0.1) is 13.8 Å². The van der Waals surface area contributed by atoms with Gasteiger partial charge in [0.05, 0.1) is 99.1 Å². The molecule has 91 heavy (non-hydrogen) atoms. The highest BCUT2D eigenvalue weighted by Crippen LogP contribution is 2.41. The van der Waals surface area contributed by atoms with Crippen molar-refractivity contribution in [3.8, 4) is 28.4 Å². The van der Waals surface area contributed by atoms with Crippen molar-refractivity contribution in [2.45, 2.75) is 82.2 Å². The number of pyridine rings is 2. The van der Waals surface area contributed by atoms with Gasteiger partial charge in [-0.15, -0.1) is 51.0 Å². The summed E-state index contributed by atoms with van der Waals surface area (Å²) in [5.41, 5.74) is 4.16. The predicted molar refractivity (Wildman–Crippen MR) is 322 cm³/mol. The van der Waals surface area contributed by atoms with Gasteiger partial charge in [0.25, 0.3) is 22.4 Å². The van der Waals surface area contributed by atoms with Crippen LogP contribution >= 0.6 is 58.0 Å². The van der Waals surface area contributed by atoms with Crippen LogP contribution in [-0.2, 0) is 47.5 Å². The predicted octanol–water partition coefficient (Wildman–Crippen LogP) is 12.7. The van der Waals surface area contributed by atoms with Crippen LogP contribution in [0.5, 0.6) is 5.88 Å². The molecule has 4 saturated heterocycles. The number of benzene rings is 2. The smallest absolute Gasteiger partial charge is 0.416 e. The number of rotatable bonds is 11. The first-order chi connectivity index (χ1) is 43.1. The van der Waals surface area contributed by atoms with Gasteiger partial charge in [0.1, 0.15) is 6.10 Å². The Morgan fingerprint density at radius 3 is 1.35 bits per heavy atom. The maximum absolute atomic E-state index is 13.1. The fourth-order valence-corrected chi connectivity index (χ4v) is 10.3. The average molecular weight is 1360 g/mol. The molecule has 2 amide bonds. The molecule has 2 aromatic carbocycles. The van der Waals surface area contributed by atoms with E-state index in [1.165, 1.54) is 36.7 Å². The maximum atomic E-state index is 13.1. The van der Waals surface area contributed by atoms with Crippen LogP contribution in [0.2, 0.25) is 26.0 Å². The third-order valence-electron chi connectivity index (χ3n) is 14.7. The van der Waals surface area contributed by atoms with E-state index < -0.39 is 35.3 Å². The summed E-state index contributed by atoms with van der Waals surface area (Å²) in [4.78, 5) is 33.9. The molecule has 32 heteroatoms. The van der Waals surface area contributed by atoms with E-state index in [9.17, 15) is 35.9 Å². The highest BCUT2D eigenvalue weighted by Gasteiger charge is 2.41. The van der Waals surface area contributed by atoms with E-state index in [1.54, 1.807) is 32.0 Å². The monoisotopic (exact) mass is 1360 g/mol. The summed E-state index contributed by atoms with van der Waals surface area (Å²) >= 11 is 28.3. The quantitative estimate of drug-likeness (QED) is 0.114. The van der Waals surface area contributed by atoms with Crippen molar-refractivity contribution in [2.24, 2.45) is 0 Å². The minimum Gasteiger partial charge on any atom is -0.473 e. The Hall–Kier alpha value is -7.47. The normalized spacial score (nSPS) is 16.3. The minimum atomic E-state index is -4.55. The molecule has 0 bridgehead atoms. The molecule has 6 aromatic heterocycles. The number of hydrogen-bond acceptors (Lipinski definition) is 19. The number of carbonyl (C=O) groups is 2. The van der Waals surface area contributed by atoms with E-state index in [1.807, 2.05) is 19.1 Å². The lowest BCUT2D eigenvalue weighted by atomic mass is 9.81. The second-order valence-corrected chi connectivity index (χ2v) is 23.8. The van der Waals surface area contributed by atoms with Gasteiger partial charge in [0.15, 0.2) is 15.5 Å². The number of hydrogen-bond donors (Lipinski definition) is 2. The van der Waals surface area contributed by atoms with E-state index in [0.717, 1.165) is 53.8 Å². The molecule has 0 atom stereocenters. The van der Waals surface area contributed by atoms with Crippen LogP contribution in [0.25, 0.3) is 22.5 Å². The minimum absolute atomic E-state index is 0.00519. The van der Waals surface area contributed by atoms with Crippen LogP contribution in [0.1, 0.15) is 93.5 Å². The van der Waals surface area contributed by atoms with Crippen molar-refractivity contribution in [1.29, 1.82) is 0 Å². The Balaban J connectivity index is 0.000000164. The number of nitrogens with zero attached hydrogens (tertiary/aromatic N) is 12. The molecule has 0 unspecified atom stereocenters. The summed E-state index contributed by atoms with van der Waals surface area (Å²) in [6.45, 7) is 14.4. The van der Waals surface area contributed by atoms with Gasteiger partial charge in [-0.25, -0.2) is 0 Å². The number of halogens is 11. The molecule has 0 aliphatic carbocycles. The third kappa shape index (κ3) is 17.0. The summed E-state index contributed by atoms with van der Waals surface area (Å²) in [7, 11) is 0. The zero-order chi connectivity index (χ0) is 65.5. The first kappa shape index (κ1) is 67.9. The van der Waals surface area contributed by atoms with Gasteiger partial charge < -0.3 is 34.3 Å². The SMILES string of the molecule is CC1(c2cc(Cl)nnc2Cl)COC1.Cc1ncc(NC(=O)c2cccc(C(F)(F)F)c2)cc1-c1cc(C2(C)COC2)c(Cl)nn1.Cc1ncc(NC(=O)c2cccc(C(F)(F)F)c2)cc1-c1cc(C2(C)COC2)c(OC2CCOCC2)nn1.Clc1nnc(Cl)nn1. The lowest BCUT2D eigenvalue weighted by molar-refractivity contribution is -0.138. The van der Waals surface area contributed by atoms with E-state index in [4.69, 9.17) is 81.7 Å². The molecule has 0 saturated carbocycles. The summed E-state index contributed by atoms with van der Waals surface area (Å²) in [6.07, 6.45) is -4.68. The molecule has 478 valence electrons. The number of anilines is 2. The van der Waals surface area contributed by atoms with Crippen molar-refractivity contribution in [3.63, 3.8) is 0 Å². The van der Waals surface area contributed by atoms with Crippen LogP contribution in [0.15, 0.2) is 91.3 Å². The van der Waals surface area contributed by atoms with Gasteiger partial charge in [-0.05, 0) is 104 Å². The van der Waals surface area contributed by atoms with Crippen molar-refractivity contribution < 1.29 is 59.6 Å². The van der Waals surface area contributed by atoms with Gasteiger partial charge in [-0.3, -0.25) is 19.6 Å². The Labute approximate surface area is 540 Å². The third-order valence-corrected chi connectivity index (χ3v) is 15.8. The van der Waals surface area contributed by atoms with Crippen LogP contribution < -0.4 is 15.4 Å². The summed E-state index contributed by atoms with van der Waals surface area (Å²) in [6, 6.07) is 17.3. The van der Waals surface area contributed by atoms with Crippen molar-refractivity contribution in [3.05, 3.63) is 168 Å². The van der Waals surface area contributed by atoms with Gasteiger partial charge in [-0.1, -0.05) is 67.7 Å². The van der Waals surface area contributed by atoms with E-state index in [0.29, 0.717) is 119 Å². The number of nitrogens with one attached hydrogen (secondary N) is 2. The Bertz CT molecular complexity index is 3920. The fraction of sp³-hybridized carbons (Fsp3) is 0.356. The first-order valence-corrected chi connectivity index (χ1v) is 29.4. The standard InChI is InChI=1S/C27H27F3N4O4.C22H18ClF3N4O2.C8H8Cl2N2O.C2Cl2N4/c1-16-21(11-19(13-31-16)32-24(35)17-4-3-5-18(10-17)27(28,29)30)23-12-22(26(2)14-37-15-26)25(34-33-23)38-20-6-8-36-9-7-20;1-12-16(18-8-17(19(23)30-29-18)21(2)10-32-11-21)7-15(9-27-12)28-20(31)13-4-3-5-14(6-13)22(24,25)26;1-8(3-13-4-8)5-2-6(9)11-12-7(5)10;3-1-5-7-2(4)8-6-1/h3-5,10-13,20H,6-9,14-15H2,1-2H3,(H,32,35);3-9H,10-11H2,1-2H3,(H,28,31);2H,3-4H2,1H3;. The van der Waals surface area contributed by atoms with E-state index in [-0.39, 0.29) is 44.0 Å². The molecular formula is C59H53Cl5F6N14O7. The highest BCUT2D eigenvalue weighted by molar-refractivity contribution is 6.32. The highest BCUT2D eigenvalue weighted by atomic mass is 35.5. The molecule has 8 aromatic rings. The molecule has 4 aliphatic heterocycles. The topological polar surface area (TPSA) is 259 Å². The number of carbonyl (C=O) groups excluding carboxylic acids is 2. The van der Waals surface area contributed by atoms with Crippen LogP contribution in [0.4, 0.5) is 37.7 Å². The van der Waals surface area contributed by atoms with Crippen LogP contribution in [-0.4, -0.2) is 132 Å². The number of ether oxygens (including phenoxy) is 5. The first-order valence-electron chi connectivity index (χ1n) is 27.5. The molecule has 12 rings (SSSR count). The molecule has 10 heterocycles. The zero-order valence-electron chi connectivity index (χ0n) is 48.7. The zero-order valence-corrected chi connectivity index (χ0v) is 52.5. The summed E-state index contributed by atoms with van der Waals surface area (Å²) < 4.78 is 106. The summed E-state index contributed by atoms with van der Waals surface area (Å²) in [5.74, 6) is -0.903. The Kier molecular flexibility index (Phi) is 21.3. The van der Waals surface area contributed by atoms with E-state index in [2.05, 4.69) is 85.4 Å². The molecule has 21 nitrogen and oxygen atoms in total. The molecule has 4 fully saturated rings. The second kappa shape index (κ2) is 28.6. The van der Waals surface area contributed by atoms with Crippen molar-refractivity contribution >= 4 is 81.2 Å². The van der Waals surface area contributed by atoms with Gasteiger partial charge in [-0.2, -0.15) is 26.3 Å². The average Bonchev–Trinajstić information content (AvgIpc) is 0.814. The molecule has 0 radical (unpaired) electrons. The number of amides is 2. The van der Waals surface area contributed by atoms with E-state index >= 15 is 0 Å². The number of aryl methyl sites for hydroxylation is 2. The second-order valence-electron chi connectivity index (χ2n) is 22.1. The van der Waals surface area contributed by atoms with Gasteiger partial charge in [0.2, 0.25) is 5.88 Å².